The highest BCUT2D eigenvalue weighted by molar-refractivity contribution is 7.99. The molecule has 0 aliphatic carbocycles. The van der Waals surface area contributed by atoms with Crippen molar-refractivity contribution in [1.82, 2.24) is 5.32 Å². The summed E-state index contributed by atoms with van der Waals surface area (Å²) in [5, 5.41) is 12.5. The van der Waals surface area contributed by atoms with Crippen LogP contribution in [0.15, 0.2) is 58.3 Å². The average molecular weight is 499 g/mol. The standard InChI is InChI=1S/C29H42N2O3S/c1-4-7-9-10-12-22-31(29(34)30-21-11-8-5-2)24-15-19-26(20-16-24)35-25-17-13-23(14-18-25)27(6-3)28(32)33/h13-20,27H,4-12,21-22H2,1-3H3,(H,30,34)(H,32,33). The molecule has 0 heterocycles. The van der Waals surface area contributed by atoms with Gasteiger partial charge in [-0.1, -0.05) is 83.2 Å². The summed E-state index contributed by atoms with van der Waals surface area (Å²) in [5.41, 5.74) is 1.75. The zero-order chi connectivity index (χ0) is 25.5. The number of nitrogens with zero attached hydrogens (tertiary/aromatic N) is 1. The van der Waals surface area contributed by atoms with Crippen molar-refractivity contribution in [3.05, 3.63) is 54.1 Å². The Morgan fingerprint density at radius 1 is 0.829 bits per heavy atom. The second-order valence-corrected chi connectivity index (χ2v) is 10.1. The highest BCUT2D eigenvalue weighted by atomic mass is 32.2. The number of carboxylic acids is 1. The summed E-state index contributed by atoms with van der Waals surface area (Å²) >= 11 is 1.63. The Hall–Kier alpha value is -2.47. The van der Waals surface area contributed by atoms with Gasteiger partial charge in [-0.2, -0.15) is 0 Å². The van der Waals surface area contributed by atoms with Gasteiger partial charge in [0.1, 0.15) is 0 Å². The van der Waals surface area contributed by atoms with Gasteiger partial charge in [0.2, 0.25) is 0 Å². The number of carbonyl (C=O) groups excluding carboxylic acids is 1. The predicted molar refractivity (Wildman–Crippen MR) is 147 cm³/mol. The quantitative estimate of drug-likeness (QED) is 0.229. The van der Waals surface area contributed by atoms with Crippen LogP contribution in [-0.2, 0) is 4.79 Å². The van der Waals surface area contributed by atoms with Crippen LogP contribution in [0.1, 0.15) is 90.0 Å². The van der Waals surface area contributed by atoms with Crippen molar-refractivity contribution < 1.29 is 14.7 Å². The maximum atomic E-state index is 12.9. The Morgan fingerprint density at radius 3 is 1.97 bits per heavy atom. The maximum Gasteiger partial charge on any atom is 0.321 e. The van der Waals surface area contributed by atoms with Gasteiger partial charge >= 0.3 is 12.0 Å². The molecule has 0 aliphatic rings. The van der Waals surface area contributed by atoms with Crippen LogP contribution >= 0.6 is 11.8 Å². The van der Waals surface area contributed by atoms with Gasteiger partial charge in [-0.25, -0.2) is 4.79 Å². The number of carboxylic acid groups (broad SMARTS) is 1. The molecule has 2 amide bonds. The molecular weight excluding hydrogens is 456 g/mol. The van der Waals surface area contributed by atoms with Crippen LogP contribution in [0.2, 0.25) is 0 Å². The lowest BCUT2D eigenvalue weighted by atomic mass is 9.97. The molecule has 0 fully saturated rings. The van der Waals surface area contributed by atoms with E-state index in [4.69, 9.17) is 0 Å². The van der Waals surface area contributed by atoms with Crippen LogP contribution in [0.5, 0.6) is 0 Å². The molecule has 0 saturated heterocycles. The molecule has 0 spiro atoms. The lowest BCUT2D eigenvalue weighted by molar-refractivity contribution is -0.138. The van der Waals surface area contributed by atoms with Crippen LogP contribution in [0, 0.1) is 0 Å². The molecule has 0 radical (unpaired) electrons. The molecular formula is C29H42N2O3S. The molecule has 2 aromatic rings. The number of carbonyl (C=O) groups is 2. The van der Waals surface area contributed by atoms with Gasteiger partial charge in [-0.3, -0.25) is 9.69 Å². The molecule has 0 bridgehead atoms. The lowest BCUT2D eigenvalue weighted by Crippen LogP contribution is -2.41. The number of benzene rings is 2. The first-order valence-electron chi connectivity index (χ1n) is 13.2. The van der Waals surface area contributed by atoms with Crippen molar-refractivity contribution in [3.63, 3.8) is 0 Å². The summed E-state index contributed by atoms with van der Waals surface area (Å²) in [6.07, 6.45) is 9.64. The Kier molecular flexibility index (Phi) is 13.4. The van der Waals surface area contributed by atoms with E-state index in [0.717, 1.165) is 59.7 Å². The highest BCUT2D eigenvalue weighted by Crippen LogP contribution is 2.31. The Labute approximate surface area is 215 Å². The monoisotopic (exact) mass is 498 g/mol. The zero-order valence-corrected chi connectivity index (χ0v) is 22.4. The number of rotatable bonds is 16. The molecule has 0 aromatic heterocycles. The third-order valence-electron chi connectivity index (χ3n) is 6.16. The number of nitrogens with one attached hydrogen (secondary N) is 1. The van der Waals surface area contributed by atoms with E-state index in [2.05, 4.69) is 31.3 Å². The van der Waals surface area contributed by atoms with Gasteiger partial charge in [0.15, 0.2) is 0 Å². The van der Waals surface area contributed by atoms with E-state index < -0.39 is 11.9 Å². The molecule has 1 unspecified atom stereocenters. The third kappa shape index (κ3) is 9.96. The summed E-state index contributed by atoms with van der Waals surface area (Å²) in [5.74, 6) is -1.25. The van der Waals surface area contributed by atoms with E-state index in [0.29, 0.717) is 13.0 Å². The van der Waals surface area contributed by atoms with E-state index in [1.54, 1.807) is 11.8 Å². The van der Waals surface area contributed by atoms with Crippen LogP contribution in [0.4, 0.5) is 10.5 Å². The molecule has 6 heteroatoms. The lowest BCUT2D eigenvalue weighted by Gasteiger charge is -2.23. The number of hydrogen-bond donors (Lipinski definition) is 2. The van der Waals surface area contributed by atoms with Gasteiger partial charge in [0.25, 0.3) is 0 Å². The van der Waals surface area contributed by atoms with Gasteiger partial charge in [-0.15, -0.1) is 0 Å². The fourth-order valence-electron chi connectivity index (χ4n) is 4.04. The van der Waals surface area contributed by atoms with E-state index >= 15 is 0 Å². The van der Waals surface area contributed by atoms with Gasteiger partial charge < -0.3 is 10.4 Å². The zero-order valence-electron chi connectivity index (χ0n) is 21.6. The molecule has 5 nitrogen and oxygen atoms in total. The normalized spacial score (nSPS) is 11.7. The minimum Gasteiger partial charge on any atom is -0.481 e. The fraction of sp³-hybridized carbons (Fsp3) is 0.517. The maximum absolute atomic E-state index is 12.9. The number of unbranched alkanes of at least 4 members (excludes halogenated alkanes) is 6. The van der Waals surface area contributed by atoms with Crippen molar-refractivity contribution >= 4 is 29.4 Å². The van der Waals surface area contributed by atoms with Crippen LogP contribution in [0.25, 0.3) is 0 Å². The summed E-state index contributed by atoms with van der Waals surface area (Å²) in [7, 11) is 0. The van der Waals surface area contributed by atoms with Gasteiger partial charge in [0, 0.05) is 28.6 Å². The van der Waals surface area contributed by atoms with E-state index in [-0.39, 0.29) is 6.03 Å². The van der Waals surface area contributed by atoms with Crippen molar-refractivity contribution in [2.75, 3.05) is 18.0 Å². The predicted octanol–water partition coefficient (Wildman–Crippen LogP) is 8.09. The summed E-state index contributed by atoms with van der Waals surface area (Å²) in [6.45, 7) is 7.70. The first kappa shape index (κ1) is 28.8. The third-order valence-corrected chi connectivity index (χ3v) is 7.18. The Morgan fingerprint density at radius 2 is 1.40 bits per heavy atom. The smallest absolute Gasteiger partial charge is 0.321 e. The van der Waals surface area contributed by atoms with Crippen molar-refractivity contribution in [1.29, 1.82) is 0 Å². The second kappa shape index (κ2) is 16.2. The topological polar surface area (TPSA) is 69.6 Å². The summed E-state index contributed by atoms with van der Waals surface area (Å²) < 4.78 is 0. The molecule has 35 heavy (non-hydrogen) atoms. The molecule has 1 atom stereocenters. The fourth-order valence-corrected chi connectivity index (χ4v) is 4.85. The van der Waals surface area contributed by atoms with Crippen molar-refractivity contribution in [2.45, 2.75) is 94.3 Å². The number of amides is 2. The largest absolute Gasteiger partial charge is 0.481 e. The first-order valence-corrected chi connectivity index (χ1v) is 14.0. The minimum absolute atomic E-state index is 0.0171. The van der Waals surface area contributed by atoms with E-state index in [9.17, 15) is 14.7 Å². The van der Waals surface area contributed by atoms with Crippen LogP contribution in [-0.4, -0.2) is 30.2 Å². The number of urea groups is 1. The minimum atomic E-state index is -0.784. The Balaban J connectivity index is 2.03. The molecule has 0 saturated carbocycles. The molecule has 0 aliphatic heterocycles. The van der Waals surface area contributed by atoms with Crippen molar-refractivity contribution in [3.8, 4) is 0 Å². The van der Waals surface area contributed by atoms with Gasteiger partial charge in [0.05, 0.1) is 5.92 Å². The van der Waals surface area contributed by atoms with Crippen molar-refractivity contribution in [2.24, 2.45) is 0 Å². The molecule has 192 valence electrons. The molecule has 2 N–H and O–H groups in total. The average Bonchev–Trinajstić information content (AvgIpc) is 2.86. The number of anilines is 1. The van der Waals surface area contributed by atoms with Crippen LogP contribution < -0.4 is 10.2 Å². The Bertz CT molecular complexity index is 884. The first-order chi connectivity index (χ1) is 17.0. The summed E-state index contributed by atoms with van der Waals surface area (Å²) in [6, 6.07) is 15.9. The SMILES string of the molecule is CCCCCCCN(C(=O)NCCCCC)c1ccc(Sc2ccc(C(CC)C(=O)O)cc2)cc1. The summed E-state index contributed by atoms with van der Waals surface area (Å²) in [4.78, 5) is 28.3. The molecule has 2 aromatic carbocycles. The van der Waals surface area contributed by atoms with E-state index in [1.807, 2.05) is 48.2 Å². The highest BCUT2D eigenvalue weighted by Gasteiger charge is 2.17. The van der Waals surface area contributed by atoms with Crippen LogP contribution in [0.3, 0.4) is 0 Å². The number of hydrogen-bond acceptors (Lipinski definition) is 3. The van der Waals surface area contributed by atoms with E-state index in [1.165, 1.54) is 19.3 Å². The second-order valence-electron chi connectivity index (χ2n) is 8.97. The van der Waals surface area contributed by atoms with Gasteiger partial charge in [-0.05, 0) is 61.2 Å². The number of aliphatic carboxylic acids is 1. The molecule has 2 rings (SSSR count).